The lowest BCUT2D eigenvalue weighted by Crippen LogP contribution is -2.44. The molecule has 2 unspecified atom stereocenters. The molecule has 0 bridgehead atoms. The third-order valence-corrected chi connectivity index (χ3v) is 9.79. The highest BCUT2D eigenvalue weighted by Crippen LogP contribution is 2.46. The van der Waals surface area contributed by atoms with E-state index < -0.39 is 23.3 Å². The molecule has 2 N–H and O–H groups in total. The van der Waals surface area contributed by atoms with Crippen LogP contribution in [0, 0.1) is 24.0 Å². The largest absolute Gasteiger partial charge is 0.508 e. The first-order valence-electron chi connectivity index (χ1n) is 14.8. The zero-order valence-corrected chi connectivity index (χ0v) is 24.0. The van der Waals surface area contributed by atoms with Gasteiger partial charge < -0.3 is 24.8 Å². The van der Waals surface area contributed by atoms with Crippen LogP contribution in [0.5, 0.6) is 17.5 Å². The molecule has 4 aliphatic rings. The Labute approximate surface area is 251 Å². The lowest BCUT2D eigenvalue weighted by atomic mass is 9.92. The van der Waals surface area contributed by atoms with Crippen LogP contribution in [0.25, 0.3) is 32.8 Å². The zero-order chi connectivity index (χ0) is 30.3. The molecule has 11 heteroatoms. The number of alkyl halides is 1. The number of nitrogens with zero attached hydrogens (tertiary/aromatic N) is 4. The summed E-state index contributed by atoms with van der Waals surface area (Å²) in [5.74, 6) is 1.71. The van der Waals surface area contributed by atoms with Crippen LogP contribution in [0.1, 0.15) is 24.8 Å². The molecule has 4 aliphatic heterocycles. The first kappa shape index (κ1) is 27.3. The Kier molecular flexibility index (Phi) is 6.12. The highest BCUT2D eigenvalue weighted by Gasteiger charge is 2.49. The summed E-state index contributed by atoms with van der Waals surface area (Å²) in [7, 11) is 1.88. The maximum Gasteiger partial charge on any atom is 0.319 e. The van der Waals surface area contributed by atoms with Crippen LogP contribution < -0.4 is 19.7 Å². The van der Waals surface area contributed by atoms with E-state index in [2.05, 4.69) is 21.1 Å². The number of aromatic hydroxyl groups is 1. The Bertz CT molecular complexity index is 1900. The van der Waals surface area contributed by atoms with Gasteiger partial charge in [-0.3, -0.25) is 4.90 Å². The minimum atomic E-state index is -0.923. The number of terminal acetylenes is 1. The van der Waals surface area contributed by atoms with Crippen molar-refractivity contribution in [2.45, 2.75) is 43.1 Å². The van der Waals surface area contributed by atoms with Gasteiger partial charge in [0.15, 0.2) is 5.82 Å². The zero-order valence-electron chi connectivity index (χ0n) is 24.0. The van der Waals surface area contributed by atoms with Gasteiger partial charge in [-0.2, -0.15) is 9.97 Å². The van der Waals surface area contributed by atoms with Gasteiger partial charge in [0.1, 0.15) is 47.5 Å². The van der Waals surface area contributed by atoms with Crippen molar-refractivity contribution in [2.75, 3.05) is 44.7 Å². The lowest BCUT2D eigenvalue weighted by Gasteiger charge is -2.31. The van der Waals surface area contributed by atoms with Gasteiger partial charge in [-0.25, -0.2) is 13.2 Å². The smallest absolute Gasteiger partial charge is 0.319 e. The Morgan fingerprint density at radius 2 is 2.05 bits per heavy atom. The fraction of sp³-hybridized carbons (Fsp3) is 0.394. The number of anilines is 1. The van der Waals surface area contributed by atoms with E-state index in [0.29, 0.717) is 48.4 Å². The molecule has 1 aromatic heterocycles. The highest BCUT2D eigenvalue weighted by atomic mass is 19.1. The predicted octanol–water partition coefficient (Wildman–Crippen LogP) is 4.54. The number of rotatable bonds is 4. The van der Waals surface area contributed by atoms with Gasteiger partial charge in [-0.05, 0) is 54.6 Å². The van der Waals surface area contributed by atoms with Gasteiger partial charge in [0.2, 0.25) is 0 Å². The molecule has 8 rings (SSSR count). The fourth-order valence-electron chi connectivity index (χ4n) is 7.71. The molecule has 3 saturated heterocycles. The summed E-state index contributed by atoms with van der Waals surface area (Å²) in [4.78, 5) is 13.4. The molecule has 226 valence electrons. The molecule has 0 aliphatic carbocycles. The molecular weight excluding hydrogens is 571 g/mol. The predicted molar refractivity (Wildman–Crippen MR) is 160 cm³/mol. The summed E-state index contributed by atoms with van der Waals surface area (Å²) >= 11 is 0. The number of phenols is 1. The number of hydrogen-bond acceptors (Lipinski definition) is 8. The Hall–Kier alpha value is -4.27. The fourth-order valence-corrected chi connectivity index (χ4v) is 7.71. The van der Waals surface area contributed by atoms with Crippen molar-refractivity contribution < 1.29 is 27.8 Å². The van der Waals surface area contributed by atoms with Gasteiger partial charge in [0.05, 0.1) is 22.5 Å². The van der Waals surface area contributed by atoms with Crippen molar-refractivity contribution in [1.82, 2.24) is 20.2 Å². The minimum absolute atomic E-state index is 0.0228. The lowest BCUT2D eigenvalue weighted by molar-refractivity contribution is 0.107. The quantitative estimate of drug-likeness (QED) is 0.330. The normalized spacial score (nSPS) is 26.0. The number of likely N-dealkylation sites (N-methyl/N-ethyl adjacent to an activating group) is 1. The molecule has 0 spiro atoms. The van der Waals surface area contributed by atoms with Crippen LogP contribution in [-0.4, -0.2) is 83.7 Å². The molecule has 4 atom stereocenters. The second-order valence-corrected chi connectivity index (χ2v) is 12.3. The third-order valence-electron chi connectivity index (χ3n) is 9.79. The average molecular weight is 602 g/mol. The van der Waals surface area contributed by atoms with Crippen molar-refractivity contribution in [3.8, 4) is 41.0 Å². The van der Waals surface area contributed by atoms with E-state index in [1.165, 1.54) is 24.3 Å². The van der Waals surface area contributed by atoms with Gasteiger partial charge >= 0.3 is 6.01 Å². The summed E-state index contributed by atoms with van der Waals surface area (Å²) < 4.78 is 58.9. The van der Waals surface area contributed by atoms with Crippen molar-refractivity contribution >= 4 is 27.5 Å². The standard InChI is InChI=1S/C33H30F3N5O3/c1-3-20-23(35)6-5-17-9-19(42)10-21(27(17)20)22-11-25-28-30(29(22)36)38-32(39-31(28)40(2)24-13-37-14-26(24)44-25)43-16-33-7-4-8-41(33)15-18(34)12-33/h1,5-6,9-11,18,24,26,37,42H,4,7-8,12-16H2,2H3/t18-,24?,26?,33+/m1/s1. The molecule has 4 aromatic rings. The van der Waals surface area contributed by atoms with Crippen LogP contribution >= 0.6 is 0 Å². The topological polar surface area (TPSA) is 83.0 Å². The molecule has 3 fully saturated rings. The average Bonchev–Trinajstić information content (AvgIpc) is 3.69. The summed E-state index contributed by atoms with van der Waals surface area (Å²) in [6.07, 6.45) is 6.65. The number of benzene rings is 3. The first-order chi connectivity index (χ1) is 21.3. The van der Waals surface area contributed by atoms with E-state index in [1.54, 1.807) is 6.07 Å². The SMILES string of the molecule is C#Cc1c(F)ccc2cc(O)cc(-c3cc4c5c(nc(OC[C@@]67CCCN6C[C@H](F)C7)nc5c3F)N(C)C3CNCC3O4)c12. The van der Waals surface area contributed by atoms with Crippen molar-refractivity contribution in [1.29, 1.82) is 0 Å². The molecule has 0 radical (unpaired) electrons. The maximum absolute atomic E-state index is 16.9. The number of ether oxygens (including phenoxy) is 2. The second-order valence-electron chi connectivity index (χ2n) is 12.3. The van der Waals surface area contributed by atoms with Crippen LogP contribution in [0.3, 0.4) is 0 Å². The van der Waals surface area contributed by atoms with Gasteiger partial charge in [-0.1, -0.05) is 12.0 Å². The molecule has 8 nitrogen and oxygen atoms in total. The Balaban J connectivity index is 1.34. The van der Waals surface area contributed by atoms with Crippen molar-refractivity contribution in [3.63, 3.8) is 0 Å². The van der Waals surface area contributed by atoms with Gasteiger partial charge in [0, 0.05) is 44.1 Å². The van der Waals surface area contributed by atoms with Crippen LogP contribution in [0.15, 0.2) is 30.3 Å². The third kappa shape index (κ3) is 4.01. The number of fused-ring (bicyclic) bond motifs is 3. The number of aromatic nitrogens is 2. The second kappa shape index (κ2) is 9.87. The minimum Gasteiger partial charge on any atom is -0.508 e. The van der Waals surface area contributed by atoms with Gasteiger partial charge in [-0.15, -0.1) is 6.42 Å². The first-order valence-corrected chi connectivity index (χ1v) is 14.8. The van der Waals surface area contributed by atoms with Crippen LogP contribution in [0.2, 0.25) is 0 Å². The molecule has 0 amide bonds. The van der Waals surface area contributed by atoms with Crippen molar-refractivity contribution in [2.24, 2.45) is 0 Å². The molecular formula is C33H30F3N5O3. The van der Waals surface area contributed by atoms with Crippen LogP contribution in [-0.2, 0) is 0 Å². The van der Waals surface area contributed by atoms with E-state index in [1.807, 2.05) is 11.9 Å². The monoisotopic (exact) mass is 601 g/mol. The molecule has 5 heterocycles. The van der Waals surface area contributed by atoms with Gasteiger partial charge in [0.25, 0.3) is 0 Å². The van der Waals surface area contributed by atoms with Crippen molar-refractivity contribution in [3.05, 3.63) is 47.5 Å². The Morgan fingerprint density at radius 1 is 1.18 bits per heavy atom. The van der Waals surface area contributed by atoms with E-state index >= 15 is 4.39 Å². The summed E-state index contributed by atoms with van der Waals surface area (Å²) in [5, 5.41) is 15.1. The van der Waals surface area contributed by atoms with Crippen LogP contribution in [0.4, 0.5) is 19.0 Å². The molecule has 3 aromatic carbocycles. The maximum atomic E-state index is 16.9. The number of phenolic OH excluding ortho intramolecular Hbond substituents is 1. The summed E-state index contributed by atoms with van der Waals surface area (Å²) in [6.45, 7) is 2.57. The number of halogens is 3. The van der Waals surface area contributed by atoms with E-state index in [4.69, 9.17) is 20.9 Å². The van der Waals surface area contributed by atoms with E-state index in [-0.39, 0.29) is 58.1 Å². The summed E-state index contributed by atoms with van der Waals surface area (Å²) in [5.41, 5.74) is -0.284. The summed E-state index contributed by atoms with van der Waals surface area (Å²) in [6, 6.07) is 6.96. The van der Waals surface area contributed by atoms with E-state index in [0.717, 1.165) is 19.4 Å². The van der Waals surface area contributed by atoms with E-state index in [9.17, 15) is 13.9 Å². The number of hydrogen-bond donors (Lipinski definition) is 2. The molecule has 44 heavy (non-hydrogen) atoms. The highest BCUT2D eigenvalue weighted by molar-refractivity contribution is 6.05. The number of nitrogens with one attached hydrogen (secondary N) is 1. The molecule has 0 saturated carbocycles. The Morgan fingerprint density at radius 3 is 2.89 bits per heavy atom.